The number of hydrogen-bond acceptors (Lipinski definition) is 6. The number of fused-ring (bicyclic) bond motifs is 1. The summed E-state index contributed by atoms with van der Waals surface area (Å²) < 4.78 is 5.14. The molecule has 8 nitrogen and oxygen atoms in total. The van der Waals surface area contributed by atoms with Gasteiger partial charge in [-0.1, -0.05) is 0 Å². The van der Waals surface area contributed by atoms with Gasteiger partial charge in [-0.2, -0.15) is 0 Å². The number of amides is 1. The van der Waals surface area contributed by atoms with E-state index in [0.29, 0.717) is 42.9 Å². The molecule has 3 aromatic rings. The van der Waals surface area contributed by atoms with Crippen LogP contribution in [0.25, 0.3) is 10.8 Å². The number of pyridine rings is 1. The molecule has 1 saturated heterocycles. The molecule has 0 unspecified atom stereocenters. The first-order valence-corrected chi connectivity index (χ1v) is 9.28. The van der Waals surface area contributed by atoms with Crippen LogP contribution in [0.15, 0.2) is 54.9 Å². The molecule has 1 aliphatic heterocycles. The fourth-order valence-corrected chi connectivity index (χ4v) is 3.66. The van der Waals surface area contributed by atoms with Crippen LogP contribution in [-0.4, -0.2) is 54.0 Å². The molecule has 2 heterocycles. The van der Waals surface area contributed by atoms with Gasteiger partial charge in [0.1, 0.15) is 5.75 Å². The van der Waals surface area contributed by atoms with E-state index in [1.54, 1.807) is 49.7 Å². The first-order valence-electron chi connectivity index (χ1n) is 9.28. The lowest BCUT2D eigenvalue weighted by molar-refractivity contribution is -0.383. The van der Waals surface area contributed by atoms with Gasteiger partial charge in [0.25, 0.3) is 11.6 Å². The molecule has 8 heteroatoms. The highest BCUT2D eigenvalue weighted by atomic mass is 16.6. The highest BCUT2D eigenvalue weighted by molar-refractivity contribution is 5.99. The van der Waals surface area contributed by atoms with Gasteiger partial charge in [-0.25, -0.2) is 0 Å². The molecule has 0 saturated carbocycles. The number of piperazine rings is 1. The lowest BCUT2D eigenvalue weighted by Crippen LogP contribution is -2.48. The summed E-state index contributed by atoms with van der Waals surface area (Å²) in [5.41, 5.74) is 1.60. The van der Waals surface area contributed by atoms with Crippen molar-refractivity contribution in [3.63, 3.8) is 0 Å². The number of nitro benzene ring substituents is 1. The number of benzene rings is 2. The van der Waals surface area contributed by atoms with Gasteiger partial charge in [-0.3, -0.25) is 19.9 Å². The summed E-state index contributed by atoms with van der Waals surface area (Å²) in [6.07, 6.45) is 3.17. The van der Waals surface area contributed by atoms with Crippen LogP contribution in [0.3, 0.4) is 0 Å². The van der Waals surface area contributed by atoms with Crippen LogP contribution >= 0.6 is 0 Å². The van der Waals surface area contributed by atoms with Gasteiger partial charge in [-0.05, 0) is 36.4 Å². The summed E-state index contributed by atoms with van der Waals surface area (Å²) in [7, 11) is 1.59. The molecule has 29 heavy (non-hydrogen) atoms. The Morgan fingerprint density at radius 1 is 1.03 bits per heavy atom. The monoisotopic (exact) mass is 392 g/mol. The summed E-state index contributed by atoms with van der Waals surface area (Å²) in [5, 5.41) is 12.6. The standard InChI is InChI=1S/C21H20N4O4/c1-29-16-4-2-15(3-5-16)21(26)24-12-10-23(11-13-24)19-6-7-20(25(27)28)18-14-22-9-8-17(18)19/h2-9,14H,10-13H2,1H3. The molecule has 0 spiro atoms. The normalized spacial score (nSPS) is 14.1. The number of nitro groups is 1. The third kappa shape index (κ3) is 3.56. The molecule has 2 aromatic carbocycles. The zero-order valence-corrected chi connectivity index (χ0v) is 15.9. The third-order valence-corrected chi connectivity index (χ3v) is 5.21. The number of carbonyl (C=O) groups excluding carboxylic acids is 1. The van der Waals surface area contributed by atoms with E-state index in [1.165, 1.54) is 12.3 Å². The van der Waals surface area contributed by atoms with E-state index in [0.717, 1.165) is 11.1 Å². The minimum Gasteiger partial charge on any atom is -0.497 e. The topological polar surface area (TPSA) is 88.8 Å². The lowest BCUT2D eigenvalue weighted by Gasteiger charge is -2.36. The Bertz CT molecular complexity index is 1060. The molecule has 0 atom stereocenters. The number of aromatic nitrogens is 1. The SMILES string of the molecule is COc1ccc(C(=O)N2CCN(c3ccc([N+](=O)[O-])c4cnccc34)CC2)cc1. The number of carbonyl (C=O) groups is 1. The fraction of sp³-hybridized carbons (Fsp3) is 0.238. The van der Waals surface area contributed by atoms with Crippen LogP contribution in [0.5, 0.6) is 5.75 Å². The van der Waals surface area contributed by atoms with E-state index in [9.17, 15) is 14.9 Å². The maximum absolute atomic E-state index is 12.8. The van der Waals surface area contributed by atoms with Crippen molar-refractivity contribution in [1.29, 1.82) is 0 Å². The Balaban J connectivity index is 1.52. The first-order chi connectivity index (χ1) is 14.1. The predicted octanol–water partition coefficient (Wildman–Crippen LogP) is 3.11. The Labute approximate surface area is 167 Å². The maximum Gasteiger partial charge on any atom is 0.278 e. The van der Waals surface area contributed by atoms with Gasteiger partial charge < -0.3 is 14.5 Å². The summed E-state index contributed by atoms with van der Waals surface area (Å²) in [4.78, 5) is 31.7. The highest BCUT2D eigenvalue weighted by Crippen LogP contribution is 2.33. The Kier molecular flexibility index (Phi) is 4.99. The van der Waals surface area contributed by atoms with Crippen molar-refractivity contribution in [1.82, 2.24) is 9.88 Å². The van der Waals surface area contributed by atoms with E-state index in [2.05, 4.69) is 9.88 Å². The molecule has 0 aliphatic carbocycles. The van der Waals surface area contributed by atoms with Crippen LogP contribution in [0.4, 0.5) is 11.4 Å². The number of non-ortho nitro benzene ring substituents is 1. The lowest BCUT2D eigenvalue weighted by atomic mass is 10.1. The van der Waals surface area contributed by atoms with Crippen molar-refractivity contribution in [2.45, 2.75) is 0 Å². The predicted molar refractivity (Wildman–Crippen MR) is 110 cm³/mol. The van der Waals surface area contributed by atoms with E-state index >= 15 is 0 Å². The molecule has 0 bridgehead atoms. The van der Waals surface area contributed by atoms with Crippen molar-refractivity contribution in [2.75, 3.05) is 38.2 Å². The molecule has 1 aliphatic rings. The molecule has 148 valence electrons. The number of rotatable bonds is 4. The van der Waals surface area contributed by atoms with Gasteiger partial charge in [0.2, 0.25) is 0 Å². The minimum absolute atomic E-state index is 0.00920. The summed E-state index contributed by atoms with van der Waals surface area (Å²) in [6, 6.07) is 12.2. The molecule has 1 fully saturated rings. The van der Waals surface area contributed by atoms with Crippen LogP contribution in [0.1, 0.15) is 10.4 Å². The van der Waals surface area contributed by atoms with Crippen molar-refractivity contribution in [2.24, 2.45) is 0 Å². The van der Waals surface area contributed by atoms with Crippen molar-refractivity contribution in [3.8, 4) is 5.75 Å². The van der Waals surface area contributed by atoms with Crippen LogP contribution in [0, 0.1) is 10.1 Å². The van der Waals surface area contributed by atoms with Gasteiger partial charge in [0.15, 0.2) is 0 Å². The van der Waals surface area contributed by atoms with Crippen molar-refractivity contribution >= 4 is 28.1 Å². The minimum atomic E-state index is -0.390. The number of ether oxygens (including phenoxy) is 1. The Morgan fingerprint density at radius 3 is 2.41 bits per heavy atom. The maximum atomic E-state index is 12.8. The number of hydrogen-bond donors (Lipinski definition) is 0. The second-order valence-electron chi connectivity index (χ2n) is 6.79. The van der Waals surface area contributed by atoms with Crippen LogP contribution in [-0.2, 0) is 0 Å². The molecule has 1 aromatic heterocycles. The van der Waals surface area contributed by atoms with Crippen LogP contribution in [0.2, 0.25) is 0 Å². The molecule has 0 radical (unpaired) electrons. The first kappa shape index (κ1) is 18.7. The van der Waals surface area contributed by atoms with E-state index in [1.807, 2.05) is 4.90 Å². The fourth-order valence-electron chi connectivity index (χ4n) is 3.66. The Hall–Kier alpha value is -3.68. The average Bonchev–Trinajstić information content (AvgIpc) is 2.78. The van der Waals surface area contributed by atoms with Gasteiger partial charge in [0, 0.05) is 61.3 Å². The largest absolute Gasteiger partial charge is 0.497 e. The third-order valence-electron chi connectivity index (χ3n) is 5.21. The zero-order chi connectivity index (χ0) is 20.4. The van der Waals surface area contributed by atoms with E-state index in [4.69, 9.17) is 4.74 Å². The summed E-state index contributed by atoms with van der Waals surface area (Å²) >= 11 is 0. The molecular formula is C21H20N4O4. The Morgan fingerprint density at radius 2 is 1.76 bits per heavy atom. The average molecular weight is 392 g/mol. The van der Waals surface area contributed by atoms with Gasteiger partial charge in [0.05, 0.1) is 17.4 Å². The summed E-state index contributed by atoms with van der Waals surface area (Å²) in [6.45, 7) is 2.46. The number of anilines is 1. The molecule has 4 rings (SSSR count). The van der Waals surface area contributed by atoms with Gasteiger partial charge >= 0.3 is 0 Å². The molecule has 0 N–H and O–H groups in total. The van der Waals surface area contributed by atoms with Crippen molar-refractivity contribution in [3.05, 3.63) is 70.5 Å². The molecular weight excluding hydrogens is 372 g/mol. The summed E-state index contributed by atoms with van der Waals surface area (Å²) in [5.74, 6) is 0.705. The smallest absolute Gasteiger partial charge is 0.278 e. The second-order valence-corrected chi connectivity index (χ2v) is 6.79. The van der Waals surface area contributed by atoms with E-state index < -0.39 is 0 Å². The number of methoxy groups -OCH3 is 1. The van der Waals surface area contributed by atoms with Gasteiger partial charge in [-0.15, -0.1) is 0 Å². The number of nitrogens with zero attached hydrogens (tertiary/aromatic N) is 4. The zero-order valence-electron chi connectivity index (χ0n) is 15.9. The second kappa shape index (κ2) is 7.75. The van der Waals surface area contributed by atoms with Crippen molar-refractivity contribution < 1.29 is 14.5 Å². The quantitative estimate of drug-likeness (QED) is 0.501. The highest BCUT2D eigenvalue weighted by Gasteiger charge is 2.24. The van der Waals surface area contributed by atoms with Crippen LogP contribution < -0.4 is 9.64 Å². The molecule has 1 amide bonds. The van der Waals surface area contributed by atoms with E-state index in [-0.39, 0.29) is 16.5 Å².